The summed E-state index contributed by atoms with van der Waals surface area (Å²) in [5.74, 6) is 0. The quantitative estimate of drug-likeness (QED) is 0.800. The molecule has 0 saturated heterocycles. The van der Waals surface area contributed by atoms with E-state index in [4.69, 9.17) is 0 Å². The second kappa shape index (κ2) is 7.07. The molecule has 2 N–H and O–H groups in total. The molecule has 0 saturated carbocycles. The number of aliphatic hydroxyl groups is 1. The fraction of sp³-hybridized carbons (Fsp3) is 0.400. The van der Waals surface area contributed by atoms with Crippen LogP contribution in [0.25, 0.3) is 0 Å². The van der Waals surface area contributed by atoms with Gasteiger partial charge >= 0.3 is 0 Å². The number of benzene rings is 1. The van der Waals surface area contributed by atoms with Gasteiger partial charge in [0.05, 0.1) is 18.3 Å². The van der Waals surface area contributed by atoms with Gasteiger partial charge in [-0.2, -0.15) is 5.10 Å². The van der Waals surface area contributed by atoms with E-state index in [9.17, 15) is 5.11 Å². The molecule has 0 radical (unpaired) electrons. The van der Waals surface area contributed by atoms with Gasteiger partial charge in [-0.05, 0) is 18.1 Å². The van der Waals surface area contributed by atoms with E-state index in [0.717, 1.165) is 24.2 Å². The lowest BCUT2D eigenvalue weighted by Gasteiger charge is -2.17. The van der Waals surface area contributed by atoms with Gasteiger partial charge < -0.3 is 10.4 Å². The molecule has 0 bridgehead atoms. The molecule has 0 aliphatic rings. The van der Waals surface area contributed by atoms with Gasteiger partial charge in [-0.3, -0.25) is 4.68 Å². The van der Waals surface area contributed by atoms with Crippen molar-refractivity contribution >= 4 is 0 Å². The molecule has 19 heavy (non-hydrogen) atoms. The van der Waals surface area contributed by atoms with Crippen LogP contribution >= 0.6 is 0 Å². The Labute approximate surface area is 114 Å². The first-order valence-electron chi connectivity index (χ1n) is 6.75. The van der Waals surface area contributed by atoms with Crippen LogP contribution in [-0.2, 0) is 13.1 Å². The number of hydrogen-bond donors (Lipinski definition) is 2. The Hall–Kier alpha value is -1.65. The summed E-state index contributed by atoms with van der Waals surface area (Å²) in [6, 6.07) is 12.0. The number of aliphatic hydroxyl groups excluding tert-OH is 1. The second-order valence-corrected chi connectivity index (χ2v) is 4.57. The molecular weight excluding hydrogens is 238 g/mol. The average Bonchev–Trinajstić information content (AvgIpc) is 2.89. The number of rotatable bonds is 7. The summed E-state index contributed by atoms with van der Waals surface area (Å²) in [5.41, 5.74) is 2.25. The first-order chi connectivity index (χ1) is 9.35. The molecule has 0 aliphatic carbocycles. The Bertz CT molecular complexity index is 481. The molecule has 0 aliphatic heterocycles. The summed E-state index contributed by atoms with van der Waals surface area (Å²) in [6.45, 7) is 3.87. The Morgan fingerprint density at radius 2 is 2.05 bits per heavy atom. The molecule has 1 unspecified atom stereocenters. The number of aromatic nitrogens is 2. The van der Waals surface area contributed by atoms with Crippen molar-refractivity contribution < 1.29 is 5.11 Å². The van der Waals surface area contributed by atoms with Gasteiger partial charge in [0.2, 0.25) is 0 Å². The van der Waals surface area contributed by atoms with Crippen LogP contribution < -0.4 is 5.32 Å². The van der Waals surface area contributed by atoms with Crippen molar-refractivity contribution in [1.82, 2.24) is 15.1 Å². The van der Waals surface area contributed by atoms with Crippen LogP contribution in [0, 0.1) is 0 Å². The van der Waals surface area contributed by atoms with Crippen LogP contribution in [0.3, 0.4) is 0 Å². The molecule has 0 fully saturated rings. The summed E-state index contributed by atoms with van der Waals surface area (Å²) in [7, 11) is 0. The molecule has 0 amide bonds. The summed E-state index contributed by atoms with van der Waals surface area (Å²) >= 11 is 0. The summed E-state index contributed by atoms with van der Waals surface area (Å²) in [4.78, 5) is 0. The zero-order chi connectivity index (χ0) is 13.5. The highest BCUT2D eigenvalue weighted by atomic mass is 16.3. The zero-order valence-corrected chi connectivity index (χ0v) is 11.3. The maximum atomic E-state index is 9.50. The standard InChI is InChI=1S/C15H21N3O/c1-2-10-18-14(8-9-17-18)11-16-15(12-19)13-6-4-3-5-7-13/h3-9,15-16,19H,2,10-12H2,1H3. The third-order valence-electron chi connectivity index (χ3n) is 3.15. The minimum atomic E-state index is -0.0359. The molecule has 1 aromatic heterocycles. The first-order valence-corrected chi connectivity index (χ1v) is 6.75. The zero-order valence-electron chi connectivity index (χ0n) is 11.3. The minimum Gasteiger partial charge on any atom is -0.394 e. The molecule has 1 aromatic carbocycles. The average molecular weight is 259 g/mol. The third-order valence-corrected chi connectivity index (χ3v) is 3.15. The molecule has 1 atom stereocenters. The van der Waals surface area contributed by atoms with E-state index in [1.807, 2.05) is 47.3 Å². The van der Waals surface area contributed by atoms with Crippen molar-refractivity contribution in [1.29, 1.82) is 0 Å². The van der Waals surface area contributed by atoms with Gasteiger partial charge in [-0.15, -0.1) is 0 Å². The van der Waals surface area contributed by atoms with Crippen molar-refractivity contribution in [2.75, 3.05) is 6.61 Å². The van der Waals surface area contributed by atoms with E-state index in [1.54, 1.807) is 0 Å². The van der Waals surface area contributed by atoms with Crippen molar-refractivity contribution in [3.63, 3.8) is 0 Å². The molecule has 0 spiro atoms. The predicted octanol–water partition coefficient (Wildman–Crippen LogP) is 2.12. The van der Waals surface area contributed by atoms with Gasteiger partial charge in [0, 0.05) is 19.3 Å². The Kier molecular flexibility index (Phi) is 5.12. The van der Waals surface area contributed by atoms with Crippen LogP contribution in [0.1, 0.15) is 30.6 Å². The lowest BCUT2D eigenvalue weighted by Crippen LogP contribution is -2.25. The number of nitrogens with zero attached hydrogens (tertiary/aromatic N) is 2. The molecular formula is C15H21N3O. The highest BCUT2D eigenvalue weighted by Gasteiger charge is 2.10. The smallest absolute Gasteiger partial charge is 0.0626 e. The molecule has 4 heteroatoms. The third kappa shape index (κ3) is 3.66. The largest absolute Gasteiger partial charge is 0.394 e. The van der Waals surface area contributed by atoms with E-state index in [2.05, 4.69) is 17.3 Å². The van der Waals surface area contributed by atoms with Crippen LogP contribution in [0.2, 0.25) is 0 Å². The number of aryl methyl sites for hydroxylation is 1. The predicted molar refractivity (Wildman–Crippen MR) is 75.6 cm³/mol. The maximum absolute atomic E-state index is 9.50. The van der Waals surface area contributed by atoms with E-state index in [0.29, 0.717) is 6.54 Å². The van der Waals surface area contributed by atoms with Gasteiger partial charge in [0.1, 0.15) is 0 Å². The molecule has 1 heterocycles. The van der Waals surface area contributed by atoms with Crippen molar-refractivity contribution in [3.8, 4) is 0 Å². The van der Waals surface area contributed by atoms with Gasteiger partial charge in [0.25, 0.3) is 0 Å². The fourth-order valence-corrected chi connectivity index (χ4v) is 2.12. The lowest BCUT2D eigenvalue weighted by molar-refractivity contribution is 0.242. The Balaban J connectivity index is 1.98. The molecule has 2 rings (SSSR count). The maximum Gasteiger partial charge on any atom is 0.0626 e. The summed E-state index contributed by atoms with van der Waals surface area (Å²) in [5, 5.41) is 17.2. The minimum absolute atomic E-state index is 0.0359. The van der Waals surface area contributed by atoms with Crippen LogP contribution in [0.5, 0.6) is 0 Å². The van der Waals surface area contributed by atoms with E-state index < -0.39 is 0 Å². The van der Waals surface area contributed by atoms with E-state index in [-0.39, 0.29) is 12.6 Å². The highest BCUT2D eigenvalue weighted by Crippen LogP contribution is 2.12. The second-order valence-electron chi connectivity index (χ2n) is 4.57. The van der Waals surface area contributed by atoms with E-state index in [1.165, 1.54) is 0 Å². The van der Waals surface area contributed by atoms with Gasteiger partial charge in [-0.25, -0.2) is 0 Å². The molecule has 2 aromatic rings. The Morgan fingerprint density at radius 1 is 1.26 bits per heavy atom. The van der Waals surface area contributed by atoms with Gasteiger partial charge in [0.15, 0.2) is 0 Å². The summed E-state index contributed by atoms with van der Waals surface area (Å²) in [6.07, 6.45) is 2.89. The van der Waals surface area contributed by atoms with Crippen molar-refractivity contribution in [3.05, 3.63) is 53.9 Å². The highest BCUT2D eigenvalue weighted by molar-refractivity contribution is 5.19. The fourth-order valence-electron chi connectivity index (χ4n) is 2.12. The first kappa shape index (κ1) is 13.8. The van der Waals surface area contributed by atoms with Crippen molar-refractivity contribution in [2.45, 2.75) is 32.5 Å². The van der Waals surface area contributed by atoms with Crippen LogP contribution in [0.4, 0.5) is 0 Å². The van der Waals surface area contributed by atoms with Crippen LogP contribution in [0.15, 0.2) is 42.6 Å². The lowest BCUT2D eigenvalue weighted by atomic mass is 10.1. The molecule has 102 valence electrons. The van der Waals surface area contributed by atoms with E-state index >= 15 is 0 Å². The normalized spacial score (nSPS) is 12.5. The SMILES string of the molecule is CCCn1nccc1CNC(CO)c1ccccc1. The number of nitrogens with one attached hydrogen (secondary N) is 1. The van der Waals surface area contributed by atoms with Crippen LogP contribution in [-0.4, -0.2) is 21.5 Å². The van der Waals surface area contributed by atoms with Crippen molar-refractivity contribution in [2.24, 2.45) is 0 Å². The monoisotopic (exact) mass is 259 g/mol. The Morgan fingerprint density at radius 3 is 2.74 bits per heavy atom. The molecule has 4 nitrogen and oxygen atoms in total. The topological polar surface area (TPSA) is 50.1 Å². The summed E-state index contributed by atoms with van der Waals surface area (Å²) < 4.78 is 2.01. The van der Waals surface area contributed by atoms with Gasteiger partial charge in [-0.1, -0.05) is 37.3 Å². The number of hydrogen-bond acceptors (Lipinski definition) is 3.